The Labute approximate surface area is 121 Å². The molecule has 0 amide bonds. The summed E-state index contributed by atoms with van der Waals surface area (Å²) in [5, 5.41) is 0. The molecule has 1 unspecified atom stereocenters. The van der Waals surface area contributed by atoms with Gasteiger partial charge in [0.2, 0.25) is 0 Å². The SMILES string of the molecule is Cc1ccc(C2C=CC(=C3SCCS3)C(=O)O2)cc1. The summed E-state index contributed by atoms with van der Waals surface area (Å²) in [6.45, 7) is 2.05. The number of hydrogen-bond acceptors (Lipinski definition) is 4. The lowest BCUT2D eigenvalue weighted by atomic mass is 10.0. The van der Waals surface area contributed by atoms with Crippen molar-refractivity contribution in [3.63, 3.8) is 0 Å². The Balaban J connectivity index is 1.85. The number of benzene rings is 1. The molecule has 2 aliphatic rings. The first-order chi connectivity index (χ1) is 9.24. The Morgan fingerprint density at radius 1 is 1.16 bits per heavy atom. The first-order valence-corrected chi connectivity index (χ1v) is 8.17. The van der Waals surface area contributed by atoms with Gasteiger partial charge in [0.15, 0.2) is 0 Å². The summed E-state index contributed by atoms with van der Waals surface area (Å²) in [6.07, 6.45) is 3.62. The zero-order chi connectivity index (χ0) is 13.2. The smallest absolute Gasteiger partial charge is 0.340 e. The Morgan fingerprint density at radius 2 is 1.84 bits per heavy atom. The van der Waals surface area contributed by atoms with Crippen molar-refractivity contribution in [1.82, 2.24) is 0 Å². The van der Waals surface area contributed by atoms with Gasteiger partial charge in [0.05, 0.1) is 9.81 Å². The number of cyclic esters (lactones) is 1. The average Bonchev–Trinajstić information content (AvgIpc) is 2.93. The molecule has 1 fully saturated rings. The van der Waals surface area contributed by atoms with Crippen LogP contribution in [-0.4, -0.2) is 17.5 Å². The van der Waals surface area contributed by atoms with E-state index in [1.807, 2.05) is 43.3 Å². The van der Waals surface area contributed by atoms with Crippen LogP contribution in [0.2, 0.25) is 0 Å². The van der Waals surface area contributed by atoms with E-state index in [0.717, 1.165) is 26.9 Å². The van der Waals surface area contributed by atoms with E-state index in [1.165, 1.54) is 5.56 Å². The number of aryl methyl sites for hydroxylation is 1. The van der Waals surface area contributed by atoms with Crippen LogP contribution in [0.15, 0.2) is 46.2 Å². The summed E-state index contributed by atoms with van der Waals surface area (Å²) in [6, 6.07) is 8.09. The lowest BCUT2D eigenvalue weighted by molar-refractivity contribution is -0.142. The number of ether oxygens (including phenoxy) is 1. The van der Waals surface area contributed by atoms with Crippen molar-refractivity contribution in [2.75, 3.05) is 11.5 Å². The number of carbonyl (C=O) groups excluding carboxylic acids is 1. The maximum absolute atomic E-state index is 12.1. The fourth-order valence-electron chi connectivity index (χ4n) is 2.02. The first-order valence-electron chi connectivity index (χ1n) is 6.19. The molecule has 98 valence electrons. The van der Waals surface area contributed by atoms with Crippen molar-refractivity contribution in [2.45, 2.75) is 13.0 Å². The van der Waals surface area contributed by atoms with E-state index < -0.39 is 0 Å². The minimum absolute atomic E-state index is 0.204. The lowest BCUT2D eigenvalue weighted by Crippen LogP contribution is -2.16. The van der Waals surface area contributed by atoms with E-state index in [2.05, 4.69) is 0 Å². The second-order valence-electron chi connectivity index (χ2n) is 4.49. The number of rotatable bonds is 1. The zero-order valence-electron chi connectivity index (χ0n) is 10.6. The number of esters is 1. The number of thioether (sulfide) groups is 2. The van der Waals surface area contributed by atoms with Gasteiger partial charge in [-0.3, -0.25) is 0 Å². The minimum atomic E-state index is -0.256. The minimum Gasteiger partial charge on any atom is -0.450 e. The topological polar surface area (TPSA) is 26.3 Å². The van der Waals surface area contributed by atoms with E-state index in [4.69, 9.17) is 4.74 Å². The van der Waals surface area contributed by atoms with Gasteiger partial charge in [0, 0.05) is 11.5 Å². The quantitative estimate of drug-likeness (QED) is 0.580. The van der Waals surface area contributed by atoms with Gasteiger partial charge in [-0.2, -0.15) is 0 Å². The molecule has 1 saturated heterocycles. The predicted molar refractivity (Wildman–Crippen MR) is 81.1 cm³/mol. The third-order valence-electron chi connectivity index (χ3n) is 3.07. The summed E-state index contributed by atoms with van der Waals surface area (Å²) in [7, 11) is 0. The van der Waals surface area contributed by atoms with Gasteiger partial charge in [-0.05, 0) is 24.6 Å². The van der Waals surface area contributed by atoms with E-state index in [-0.39, 0.29) is 12.1 Å². The van der Waals surface area contributed by atoms with Crippen molar-refractivity contribution < 1.29 is 9.53 Å². The predicted octanol–water partition coefficient (Wildman–Crippen LogP) is 3.84. The molecule has 0 aromatic heterocycles. The second-order valence-corrected chi connectivity index (χ2v) is 6.96. The van der Waals surface area contributed by atoms with Gasteiger partial charge >= 0.3 is 5.97 Å². The van der Waals surface area contributed by atoms with Crippen molar-refractivity contribution in [1.29, 1.82) is 0 Å². The molecule has 0 bridgehead atoms. The van der Waals surface area contributed by atoms with Crippen LogP contribution in [0.5, 0.6) is 0 Å². The van der Waals surface area contributed by atoms with Crippen molar-refractivity contribution >= 4 is 29.5 Å². The largest absolute Gasteiger partial charge is 0.450 e. The van der Waals surface area contributed by atoms with E-state index >= 15 is 0 Å². The molecule has 3 rings (SSSR count). The molecule has 0 saturated carbocycles. The Bertz CT molecular complexity index is 550. The molecular formula is C15H14O2S2. The fraction of sp³-hybridized carbons (Fsp3) is 0.267. The zero-order valence-corrected chi connectivity index (χ0v) is 12.2. The van der Waals surface area contributed by atoms with Gasteiger partial charge < -0.3 is 4.74 Å². The van der Waals surface area contributed by atoms with Crippen LogP contribution in [0.25, 0.3) is 0 Å². The maximum Gasteiger partial charge on any atom is 0.340 e. The summed E-state index contributed by atoms with van der Waals surface area (Å²) in [4.78, 5) is 12.1. The molecule has 4 heteroatoms. The van der Waals surface area contributed by atoms with Crippen molar-refractivity contribution in [3.8, 4) is 0 Å². The van der Waals surface area contributed by atoms with Crippen LogP contribution in [0.4, 0.5) is 0 Å². The normalized spacial score (nSPS) is 22.8. The van der Waals surface area contributed by atoms with Gasteiger partial charge in [0.1, 0.15) is 6.10 Å². The van der Waals surface area contributed by atoms with Crippen molar-refractivity contribution in [2.24, 2.45) is 0 Å². The van der Waals surface area contributed by atoms with Crippen LogP contribution in [0, 0.1) is 6.92 Å². The highest BCUT2D eigenvalue weighted by atomic mass is 32.2. The maximum atomic E-state index is 12.1. The highest BCUT2D eigenvalue weighted by Crippen LogP contribution is 2.41. The fourth-order valence-corrected chi connectivity index (χ4v) is 4.51. The van der Waals surface area contributed by atoms with Crippen LogP contribution in [-0.2, 0) is 9.53 Å². The van der Waals surface area contributed by atoms with E-state index in [9.17, 15) is 4.79 Å². The number of carbonyl (C=O) groups is 1. The first kappa shape index (κ1) is 12.9. The van der Waals surface area contributed by atoms with Crippen LogP contribution >= 0.6 is 23.5 Å². The molecule has 1 aromatic rings. The van der Waals surface area contributed by atoms with E-state index in [0.29, 0.717) is 0 Å². The van der Waals surface area contributed by atoms with Gasteiger partial charge in [-0.25, -0.2) is 4.79 Å². The second kappa shape index (κ2) is 5.47. The summed E-state index contributed by atoms with van der Waals surface area (Å²) < 4.78 is 6.63. The monoisotopic (exact) mass is 290 g/mol. The number of hydrogen-bond donors (Lipinski definition) is 0. The molecule has 2 aliphatic heterocycles. The molecule has 0 N–H and O–H groups in total. The van der Waals surface area contributed by atoms with Gasteiger partial charge in [-0.15, -0.1) is 23.5 Å². The Kier molecular flexibility index (Phi) is 3.71. The van der Waals surface area contributed by atoms with Crippen LogP contribution in [0.3, 0.4) is 0 Å². The molecule has 0 aliphatic carbocycles. The third-order valence-corrected chi connectivity index (χ3v) is 5.81. The molecule has 2 heterocycles. The molecule has 2 nitrogen and oxygen atoms in total. The molecule has 1 atom stereocenters. The summed E-state index contributed by atoms with van der Waals surface area (Å²) in [5.41, 5.74) is 2.94. The molecule has 0 radical (unpaired) electrons. The molecule has 1 aromatic carbocycles. The Morgan fingerprint density at radius 3 is 2.47 bits per heavy atom. The molecule has 19 heavy (non-hydrogen) atoms. The van der Waals surface area contributed by atoms with Crippen LogP contribution in [0.1, 0.15) is 17.2 Å². The highest BCUT2D eigenvalue weighted by molar-refractivity contribution is 8.25. The third kappa shape index (κ3) is 2.74. The summed E-state index contributed by atoms with van der Waals surface area (Å²) >= 11 is 3.48. The average molecular weight is 290 g/mol. The van der Waals surface area contributed by atoms with Crippen molar-refractivity contribution in [3.05, 3.63) is 57.4 Å². The summed E-state index contributed by atoms with van der Waals surface area (Å²) in [5.74, 6) is 1.95. The van der Waals surface area contributed by atoms with Gasteiger partial charge in [0.25, 0.3) is 0 Å². The molecular weight excluding hydrogens is 276 g/mol. The lowest BCUT2D eigenvalue weighted by Gasteiger charge is -2.20. The molecule has 0 spiro atoms. The Hall–Kier alpha value is -1.13. The van der Waals surface area contributed by atoms with Gasteiger partial charge in [-0.1, -0.05) is 29.8 Å². The standard InChI is InChI=1S/C15H14O2S2/c1-10-2-4-11(5-3-10)13-7-6-12(14(16)17-13)15-18-8-9-19-15/h2-7,13H,8-9H2,1H3. The van der Waals surface area contributed by atoms with Crippen LogP contribution < -0.4 is 0 Å². The van der Waals surface area contributed by atoms with E-state index in [1.54, 1.807) is 23.5 Å². The highest BCUT2D eigenvalue weighted by Gasteiger charge is 2.25.